The lowest BCUT2D eigenvalue weighted by atomic mass is 10.0. The highest BCUT2D eigenvalue weighted by Crippen LogP contribution is 2.16. The molecule has 1 N–H and O–H groups in total. The Balaban J connectivity index is 2.10. The van der Waals surface area contributed by atoms with Gasteiger partial charge in [0.25, 0.3) is 5.91 Å². The summed E-state index contributed by atoms with van der Waals surface area (Å²) < 4.78 is 1.68. The lowest BCUT2D eigenvalue weighted by Crippen LogP contribution is -2.46. The summed E-state index contributed by atoms with van der Waals surface area (Å²) in [7, 11) is 1.84. The first kappa shape index (κ1) is 13.1. The van der Waals surface area contributed by atoms with Gasteiger partial charge in [0.1, 0.15) is 0 Å². The van der Waals surface area contributed by atoms with Gasteiger partial charge >= 0.3 is 0 Å². The van der Waals surface area contributed by atoms with Crippen molar-refractivity contribution in [1.82, 2.24) is 20.0 Å². The van der Waals surface area contributed by atoms with Gasteiger partial charge in [-0.05, 0) is 32.4 Å². The van der Waals surface area contributed by atoms with E-state index in [-0.39, 0.29) is 5.91 Å². The summed E-state index contributed by atoms with van der Waals surface area (Å²) in [5, 5.41) is 7.42. The van der Waals surface area contributed by atoms with Crippen LogP contribution < -0.4 is 5.32 Å². The van der Waals surface area contributed by atoms with E-state index in [0.29, 0.717) is 11.6 Å². The largest absolute Gasteiger partial charge is 0.335 e. The Labute approximate surface area is 108 Å². The number of nitrogens with zero attached hydrogens (tertiary/aromatic N) is 3. The third-order valence-electron chi connectivity index (χ3n) is 3.43. The van der Waals surface area contributed by atoms with Gasteiger partial charge in [-0.15, -0.1) is 0 Å². The molecule has 0 atom stereocenters. The lowest BCUT2D eigenvalue weighted by molar-refractivity contribution is 0.0642. The van der Waals surface area contributed by atoms with Gasteiger partial charge in [-0.3, -0.25) is 9.48 Å². The van der Waals surface area contributed by atoms with E-state index >= 15 is 0 Å². The Hall–Kier alpha value is -1.36. The molecule has 0 spiro atoms. The number of aryl methyl sites for hydroxylation is 1. The van der Waals surface area contributed by atoms with Crippen molar-refractivity contribution in [3.05, 3.63) is 18.0 Å². The van der Waals surface area contributed by atoms with Crippen LogP contribution in [0.1, 0.15) is 36.5 Å². The van der Waals surface area contributed by atoms with Crippen LogP contribution in [-0.2, 0) is 7.05 Å². The molecule has 0 unspecified atom stereocenters. The Morgan fingerprint density at radius 3 is 2.83 bits per heavy atom. The highest BCUT2D eigenvalue weighted by molar-refractivity contribution is 5.94. The van der Waals surface area contributed by atoms with Crippen molar-refractivity contribution in [3.8, 4) is 0 Å². The van der Waals surface area contributed by atoms with E-state index in [0.717, 1.165) is 38.9 Å². The molecule has 0 saturated carbocycles. The summed E-state index contributed by atoms with van der Waals surface area (Å²) in [5.74, 6) is 0.122. The van der Waals surface area contributed by atoms with Gasteiger partial charge in [-0.1, -0.05) is 6.92 Å². The van der Waals surface area contributed by atoms with E-state index < -0.39 is 0 Å². The molecule has 1 aliphatic rings. The molecule has 1 aromatic rings. The highest BCUT2D eigenvalue weighted by Gasteiger charge is 2.26. The van der Waals surface area contributed by atoms with Gasteiger partial charge in [0, 0.05) is 25.8 Å². The predicted molar refractivity (Wildman–Crippen MR) is 70.4 cm³/mol. The standard InChI is InChI=1S/C13H22N4O/c1-3-8-17(12-4-6-14-7-5-12)13(18)11-9-15-16(2)10-11/h9-10,12,14H,3-8H2,1-2H3. The number of hydrogen-bond acceptors (Lipinski definition) is 3. The summed E-state index contributed by atoms with van der Waals surface area (Å²) in [6.07, 6.45) is 6.55. The number of amides is 1. The number of aromatic nitrogens is 2. The molecule has 1 aliphatic heterocycles. The Morgan fingerprint density at radius 1 is 1.56 bits per heavy atom. The van der Waals surface area contributed by atoms with Crippen LogP contribution in [0.25, 0.3) is 0 Å². The van der Waals surface area contributed by atoms with E-state index in [1.807, 2.05) is 11.9 Å². The quantitative estimate of drug-likeness (QED) is 0.868. The van der Waals surface area contributed by atoms with Gasteiger partial charge < -0.3 is 10.2 Å². The molecule has 1 fully saturated rings. The summed E-state index contributed by atoms with van der Waals surface area (Å²) in [5.41, 5.74) is 0.699. The van der Waals surface area contributed by atoms with Crippen LogP contribution in [0.3, 0.4) is 0 Å². The average molecular weight is 250 g/mol. The van der Waals surface area contributed by atoms with Gasteiger partial charge in [0.05, 0.1) is 11.8 Å². The van der Waals surface area contributed by atoms with Crippen LogP contribution in [0.2, 0.25) is 0 Å². The van der Waals surface area contributed by atoms with Crippen LogP contribution in [0.4, 0.5) is 0 Å². The molecule has 1 aromatic heterocycles. The smallest absolute Gasteiger partial charge is 0.257 e. The minimum absolute atomic E-state index is 0.122. The first-order valence-electron chi connectivity index (χ1n) is 6.72. The van der Waals surface area contributed by atoms with E-state index in [1.54, 1.807) is 17.1 Å². The third-order valence-corrected chi connectivity index (χ3v) is 3.43. The van der Waals surface area contributed by atoms with Crippen molar-refractivity contribution in [2.45, 2.75) is 32.2 Å². The molecule has 2 heterocycles. The van der Waals surface area contributed by atoms with Gasteiger partial charge in [0.2, 0.25) is 0 Å². The fourth-order valence-electron chi connectivity index (χ4n) is 2.51. The molecule has 0 aromatic carbocycles. The molecule has 1 amide bonds. The number of carbonyl (C=O) groups is 1. The lowest BCUT2D eigenvalue weighted by Gasteiger charge is -2.34. The molecular formula is C13H22N4O. The maximum absolute atomic E-state index is 12.5. The average Bonchev–Trinajstić information content (AvgIpc) is 2.83. The van der Waals surface area contributed by atoms with Crippen molar-refractivity contribution in [2.75, 3.05) is 19.6 Å². The van der Waals surface area contributed by atoms with Gasteiger partial charge in [0.15, 0.2) is 0 Å². The minimum Gasteiger partial charge on any atom is -0.335 e. The zero-order chi connectivity index (χ0) is 13.0. The summed E-state index contributed by atoms with van der Waals surface area (Å²) >= 11 is 0. The molecule has 0 radical (unpaired) electrons. The molecular weight excluding hydrogens is 228 g/mol. The van der Waals surface area contributed by atoms with Crippen molar-refractivity contribution < 1.29 is 4.79 Å². The maximum Gasteiger partial charge on any atom is 0.257 e. The third kappa shape index (κ3) is 2.90. The number of carbonyl (C=O) groups excluding carboxylic acids is 1. The Kier molecular flexibility index (Phi) is 4.36. The van der Waals surface area contributed by atoms with E-state index in [2.05, 4.69) is 17.3 Å². The van der Waals surface area contributed by atoms with Crippen LogP contribution in [0, 0.1) is 0 Å². The van der Waals surface area contributed by atoms with E-state index in [4.69, 9.17) is 0 Å². The van der Waals surface area contributed by atoms with Crippen molar-refractivity contribution in [2.24, 2.45) is 7.05 Å². The maximum atomic E-state index is 12.5. The van der Waals surface area contributed by atoms with Crippen molar-refractivity contribution in [1.29, 1.82) is 0 Å². The number of rotatable bonds is 4. The van der Waals surface area contributed by atoms with Crippen molar-refractivity contribution in [3.63, 3.8) is 0 Å². The van der Waals surface area contributed by atoms with Crippen LogP contribution in [-0.4, -0.2) is 46.3 Å². The first-order chi connectivity index (χ1) is 8.72. The highest BCUT2D eigenvalue weighted by atomic mass is 16.2. The van der Waals surface area contributed by atoms with Crippen molar-refractivity contribution >= 4 is 5.91 Å². The molecule has 0 aliphatic carbocycles. The number of piperidine rings is 1. The summed E-state index contributed by atoms with van der Waals surface area (Å²) in [4.78, 5) is 14.5. The van der Waals surface area contributed by atoms with E-state index in [1.165, 1.54) is 0 Å². The second-order valence-corrected chi connectivity index (χ2v) is 4.88. The molecule has 5 nitrogen and oxygen atoms in total. The second kappa shape index (κ2) is 6.00. The van der Waals surface area contributed by atoms with E-state index in [9.17, 15) is 4.79 Å². The fraction of sp³-hybridized carbons (Fsp3) is 0.692. The molecule has 1 saturated heterocycles. The normalized spacial score (nSPS) is 16.8. The zero-order valence-corrected chi connectivity index (χ0v) is 11.2. The number of nitrogens with one attached hydrogen (secondary N) is 1. The monoisotopic (exact) mass is 250 g/mol. The summed E-state index contributed by atoms with van der Waals surface area (Å²) in [6.45, 7) is 4.96. The van der Waals surface area contributed by atoms with Crippen LogP contribution in [0.5, 0.6) is 0 Å². The SMILES string of the molecule is CCCN(C(=O)c1cnn(C)c1)C1CCNCC1. The van der Waals surface area contributed by atoms with Gasteiger partial charge in [-0.25, -0.2) is 0 Å². The topological polar surface area (TPSA) is 50.2 Å². The Bertz CT molecular complexity index is 395. The minimum atomic E-state index is 0.122. The Morgan fingerprint density at radius 2 is 2.28 bits per heavy atom. The fourth-order valence-corrected chi connectivity index (χ4v) is 2.51. The second-order valence-electron chi connectivity index (χ2n) is 4.88. The van der Waals surface area contributed by atoms with Crippen LogP contribution >= 0.6 is 0 Å². The molecule has 18 heavy (non-hydrogen) atoms. The molecule has 5 heteroatoms. The van der Waals surface area contributed by atoms with Crippen LogP contribution in [0.15, 0.2) is 12.4 Å². The molecule has 2 rings (SSSR count). The molecule has 100 valence electrons. The zero-order valence-electron chi connectivity index (χ0n) is 11.2. The predicted octanol–water partition coefficient (Wildman–Crippen LogP) is 1.02. The first-order valence-corrected chi connectivity index (χ1v) is 6.72. The van der Waals surface area contributed by atoms with Gasteiger partial charge in [-0.2, -0.15) is 5.10 Å². The number of hydrogen-bond donors (Lipinski definition) is 1. The summed E-state index contributed by atoms with van der Waals surface area (Å²) in [6, 6.07) is 0.374. The molecule has 0 bridgehead atoms.